The summed E-state index contributed by atoms with van der Waals surface area (Å²) in [6.07, 6.45) is 3.00. The van der Waals surface area contributed by atoms with Crippen LogP contribution in [-0.4, -0.2) is 19.1 Å². The van der Waals surface area contributed by atoms with Gasteiger partial charge in [-0.1, -0.05) is 71.0 Å². The summed E-state index contributed by atoms with van der Waals surface area (Å²) >= 11 is 0. The zero-order chi connectivity index (χ0) is 20.5. The topological polar surface area (TPSA) is 37.0 Å². The molecule has 2 N–H and O–H groups in total. The lowest BCUT2D eigenvalue weighted by atomic mass is 10.1. The molecule has 0 aliphatic carbocycles. The molecule has 2 aromatic carbocycles. The van der Waals surface area contributed by atoms with E-state index < -0.39 is 0 Å². The van der Waals surface area contributed by atoms with Gasteiger partial charge in [-0.3, -0.25) is 4.98 Å². The van der Waals surface area contributed by atoms with E-state index in [0.717, 1.165) is 18.5 Å². The van der Waals surface area contributed by atoms with Gasteiger partial charge in [0.2, 0.25) is 0 Å². The summed E-state index contributed by atoms with van der Waals surface area (Å²) in [7, 11) is 3.89. The molecule has 0 atom stereocenters. The molecule has 0 spiro atoms. The highest BCUT2D eigenvalue weighted by molar-refractivity contribution is 5.78. The Balaban J connectivity index is 0.000000425. The molecule has 1 heterocycles. The van der Waals surface area contributed by atoms with Crippen molar-refractivity contribution in [3.05, 3.63) is 71.9 Å². The molecule has 0 amide bonds. The number of aromatic nitrogens is 1. The Labute approximate surface area is 166 Å². The van der Waals surface area contributed by atoms with Crippen molar-refractivity contribution in [3.8, 4) is 0 Å². The number of rotatable bonds is 4. The quantitative estimate of drug-likeness (QED) is 0.568. The molecule has 0 aliphatic rings. The number of aryl methyl sites for hydroxylation is 1. The predicted molar refractivity (Wildman–Crippen MR) is 123 cm³/mol. The van der Waals surface area contributed by atoms with Gasteiger partial charge in [0.25, 0.3) is 0 Å². The number of nitrogens with zero attached hydrogens (tertiary/aromatic N) is 1. The second-order valence-corrected chi connectivity index (χ2v) is 5.33. The van der Waals surface area contributed by atoms with E-state index in [9.17, 15) is 0 Å². The first-order chi connectivity index (χ1) is 13.3. The smallest absolute Gasteiger partial charge is 0.0702 e. The molecule has 3 rings (SSSR count). The summed E-state index contributed by atoms with van der Waals surface area (Å²) < 4.78 is 0. The van der Waals surface area contributed by atoms with E-state index in [2.05, 4.69) is 46.8 Å². The van der Waals surface area contributed by atoms with Crippen LogP contribution in [0.1, 0.15) is 45.7 Å². The standard InChI is InChI=1S/C11H11N.C9H14N2.2C2H6/c1-2-9-7-10-5-3-4-6-11(10)12-8-9;1-10-7-8-5-3-4-6-9(8)11-2;2*1-2/h3-8H,2H2,1H3;3-6,10-11H,7H2,1-2H3;2*1-2H3. The summed E-state index contributed by atoms with van der Waals surface area (Å²) in [5.74, 6) is 0. The average Bonchev–Trinajstić information content (AvgIpc) is 2.77. The van der Waals surface area contributed by atoms with E-state index in [1.165, 1.54) is 22.2 Å². The van der Waals surface area contributed by atoms with Gasteiger partial charge in [0.15, 0.2) is 0 Å². The fourth-order valence-corrected chi connectivity index (χ4v) is 2.42. The number of anilines is 1. The lowest BCUT2D eigenvalue weighted by Gasteiger charge is -2.06. The van der Waals surface area contributed by atoms with E-state index in [1.54, 1.807) is 0 Å². The van der Waals surface area contributed by atoms with Gasteiger partial charge >= 0.3 is 0 Å². The molecule has 0 bridgehead atoms. The number of hydrogen-bond donors (Lipinski definition) is 2. The van der Waals surface area contributed by atoms with E-state index in [4.69, 9.17) is 0 Å². The van der Waals surface area contributed by atoms with E-state index in [0.29, 0.717) is 0 Å². The molecule has 27 heavy (non-hydrogen) atoms. The van der Waals surface area contributed by atoms with Gasteiger partial charge in [0.1, 0.15) is 0 Å². The third-order valence-corrected chi connectivity index (χ3v) is 3.71. The van der Waals surface area contributed by atoms with Gasteiger partial charge in [0.05, 0.1) is 5.52 Å². The van der Waals surface area contributed by atoms with Crippen LogP contribution in [0, 0.1) is 0 Å². The summed E-state index contributed by atoms with van der Waals surface area (Å²) in [6.45, 7) is 11.1. The van der Waals surface area contributed by atoms with Crippen molar-refractivity contribution in [2.24, 2.45) is 0 Å². The second-order valence-electron chi connectivity index (χ2n) is 5.33. The predicted octanol–water partition coefficient (Wildman–Crippen LogP) is 6.30. The van der Waals surface area contributed by atoms with Gasteiger partial charge in [-0.05, 0) is 42.8 Å². The van der Waals surface area contributed by atoms with Crippen LogP contribution >= 0.6 is 0 Å². The summed E-state index contributed by atoms with van der Waals surface area (Å²) in [6, 6.07) is 18.7. The van der Waals surface area contributed by atoms with Gasteiger partial charge in [0, 0.05) is 30.9 Å². The maximum Gasteiger partial charge on any atom is 0.0702 e. The fraction of sp³-hybridized carbons (Fsp3) is 0.375. The van der Waals surface area contributed by atoms with Gasteiger partial charge < -0.3 is 10.6 Å². The molecule has 3 aromatic rings. The van der Waals surface area contributed by atoms with Crippen molar-refractivity contribution in [1.82, 2.24) is 10.3 Å². The molecule has 0 saturated carbocycles. The molecule has 0 fully saturated rings. The summed E-state index contributed by atoms with van der Waals surface area (Å²) in [5.41, 5.74) is 4.88. The number of benzene rings is 2. The summed E-state index contributed by atoms with van der Waals surface area (Å²) in [4.78, 5) is 4.35. The third kappa shape index (κ3) is 8.69. The SMILES string of the molecule is CC.CC.CCc1cnc2ccccc2c1.CNCc1ccccc1NC. The number of fused-ring (bicyclic) bond motifs is 1. The van der Waals surface area contributed by atoms with Crippen LogP contribution in [0.25, 0.3) is 10.9 Å². The monoisotopic (exact) mass is 367 g/mol. The van der Waals surface area contributed by atoms with Crippen LogP contribution < -0.4 is 10.6 Å². The lowest BCUT2D eigenvalue weighted by molar-refractivity contribution is 0.819. The number of pyridine rings is 1. The third-order valence-electron chi connectivity index (χ3n) is 3.71. The highest BCUT2D eigenvalue weighted by atomic mass is 14.9. The molecule has 3 heteroatoms. The Morgan fingerprint density at radius 1 is 0.852 bits per heavy atom. The molecule has 148 valence electrons. The van der Waals surface area contributed by atoms with Crippen molar-refractivity contribution in [2.75, 3.05) is 19.4 Å². The van der Waals surface area contributed by atoms with Gasteiger partial charge in [-0.25, -0.2) is 0 Å². The Hall–Kier alpha value is -2.39. The Morgan fingerprint density at radius 3 is 2.11 bits per heavy atom. The highest BCUT2D eigenvalue weighted by Crippen LogP contribution is 2.13. The zero-order valence-corrected chi connectivity index (χ0v) is 18.1. The van der Waals surface area contributed by atoms with E-state index in [1.807, 2.05) is 78.3 Å². The van der Waals surface area contributed by atoms with Crippen molar-refractivity contribution in [3.63, 3.8) is 0 Å². The first-order valence-electron chi connectivity index (χ1n) is 10.0. The molecule has 0 radical (unpaired) electrons. The van der Waals surface area contributed by atoms with Crippen LogP contribution in [0.5, 0.6) is 0 Å². The largest absolute Gasteiger partial charge is 0.388 e. The minimum Gasteiger partial charge on any atom is -0.388 e. The highest BCUT2D eigenvalue weighted by Gasteiger charge is 1.95. The van der Waals surface area contributed by atoms with Gasteiger partial charge in [-0.2, -0.15) is 0 Å². The van der Waals surface area contributed by atoms with E-state index in [-0.39, 0.29) is 0 Å². The van der Waals surface area contributed by atoms with Gasteiger partial charge in [-0.15, -0.1) is 0 Å². The maximum atomic E-state index is 4.35. The molecule has 3 nitrogen and oxygen atoms in total. The van der Waals surface area contributed by atoms with Crippen molar-refractivity contribution in [1.29, 1.82) is 0 Å². The average molecular weight is 368 g/mol. The molecule has 1 aromatic heterocycles. The number of para-hydroxylation sites is 2. The Morgan fingerprint density at radius 2 is 1.48 bits per heavy atom. The molecule has 0 aliphatic heterocycles. The minimum absolute atomic E-state index is 0.914. The molecular weight excluding hydrogens is 330 g/mol. The van der Waals surface area contributed by atoms with Crippen LogP contribution in [-0.2, 0) is 13.0 Å². The molecule has 0 unspecified atom stereocenters. The Bertz CT molecular complexity index is 738. The molecular formula is C24H37N3. The first kappa shape index (κ1) is 24.6. The van der Waals surface area contributed by atoms with E-state index >= 15 is 0 Å². The van der Waals surface area contributed by atoms with Crippen LogP contribution in [0.3, 0.4) is 0 Å². The van der Waals surface area contributed by atoms with Crippen molar-refractivity contribution >= 4 is 16.6 Å². The normalized spacial score (nSPS) is 9.00. The Kier molecular flexibility index (Phi) is 14.4. The van der Waals surface area contributed by atoms with Crippen molar-refractivity contribution < 1.29 is 0 Å². The zero-order valence-electron chi connectivity index (χ0n) is 18.1. The minimum atomic E-state index is 0.914. The van der Waals surface area contributed by atoms with Crippen LogP contribution in [0.15, 0.2) is 60.8 Å². The number of nitrogens with one attached hydrogen (secondary N) is 2. The lowest BCUT2D eigenvalue weighted by Crippen LogP contribution is -2.07. The first-order valence-corrected chi connectivity index (χ1v) is 10.0. The second kappa shape index (κ2) is 15.8. The van der Waals surface area contributed by atoms with Crippen LogP contribution in [0.4, 0.5) is 5.69 Å². The maximum absolute atomic E-state index is 4.35. The fourth-order valence-electron chi connectivity index (χ4n) is 2.42. The summed E-state index contributed by atoms with van der Waals surface area (Å²) in [5, 5.41) is 7.49. The van der Waals surface area contributed by atoms with Crippen molar-refractivity contribution in [2.45, 2.75) is 47.6 Å². The number of hydrogen-bond acceptors (Lipinski definition) is 3. The molecule has 0 saturated heterocycles. The van der Waals surface area contributed by atoms with Crippen LogP contribution in [0.2, 0.25) is 0 Å².